The first kappa shape index (κ1) is 19.3. The molecule has 1 fully saturated rings. The predicted octanol–water partition coefficient (Wildman–Crippen LogP) is 1.16. The first-order chi connectivity index (χ1) is 13.2. The summed E-state index contributed by atoms with van der Waals surface area (Å²) in [4.78, 5) is 26.4. The number of hydrogen-bond acceptors (Lipinski definition) is 6. The van der Waals surface area contributed by atoms with Crippen molar-refractivity contribution < 1.29 is 9.53 Å². The fourth-order valence-corrected chi connectivity index (χ4v) is 3.75. The summed E-state index contributed by atoms with van der Waals surface area (Å²) in [5.41, 5.74) is 0.840. The van der Waals surface area contributed by atoms with Gasteiger partial charge in [0, 0.05) is 37.2 Å². The molecule has 0 atom stereocenters. The lowest BCUT2D eigenvalue weighted by atomic mass is 10.1. The maximum atomic E-state index is 12.2. The SMILES string of the molecule is COc1ccc(CCNC(=O)Cn2nc(N3CCSCC3)ccc2=O)cc1. The second-order valence-corrected chi connectivity index (χ2v) is 7.46. The standard InChI is InChI=1S/C19H24N4O3S/c1-26-16-4-2-15(3-5-16)8-9-20-18(24)14-23-19(25)7-6-17(21-23)22-10-12-27-13-11-22/h2-7H,8-14H2,1H3,(H,20,24). The van der Waals surface area contributed by atoms with E-state index in [1.54, 1.807) is 13.2 Å². The van der Waals surface area contributed by atoms with Gasteiger partial charge in [0.15, 0.2) is 0 Å². The van der Waals surface area contributed by atoms with Gasteiger partial charge in [0.05, 0.1) is 7.11 Å². The van der Waals surface area contributed by atoms with Crippen molar-refractivity contribution in [1.29, 1.82) is 0 Å². The van der Waals surface area contributed by atoms with Crippen LogP contribution >= 0.6 is 11.8 Å². The van der Waals surface area contributed by atoms with Crippen LogP contribution in [0.3, 0.4) is 0 Å². The molecule has 0 spiro atoms. The minimum absolute atomic E-state index is 0.0716. The van der Waals surface area contributed by atoms with Gasteiger partial charge in [0.2, 0.25) is 5.91 Å². The highest BCUT2D eigenvalue weighted by Gasteiger charge is 2.14. The first-order valence-corrected chi connectivity index (χ1v) is 10.1. The van der Waals surface area contributed by atoms with Crippen LogP contribution in [0.15, 0.2) is 41.2 Å². The molecule has 0 bridgehead atoms. The highest BCUT2D eigenvalue weighted by molar-refractivity contribution is 7.99. The number of benzene rings is 1. The Balaban J connectivity index is 1.52. The van der Waals surface area contributed by atoms with Gasteiger partial charge >= 0.3 is 0 Å². The quantitative estimate of drug-likeness (QED) is 0.767. The lowest BCUT2D eigenvalue weighted by Crippen LogP contribution is -2.37. The van der Waals surface area contributed by atoms with E-state index in [0.717, 1.165) is 41.7 Å². The van der Waals surface area contributed by atoms with Gasteiger partial charge in [0.25, 0.3) is 5.56 Å². The molecule has 1 amide bonds. The maximum Gasteiger partial charge on any atom is 0.267 e. The predicted molar refractivity (Wildman–Crippen MR) is 108 cm³/mol. The summed E-state index contributed by atoms with van der Waals surface area (Å²) >= 11 is 1.91. The summed E-state index contributed by atoms with van der Waals surface area (Å²) in [6.07, 6.45) is 0.712. The number of nitrogens with one attached hydrogen (secondary N) is 1. The van der Waals surface area contributed by atoms with Crippen LogP contribution in [0.2, 0.25) is 0 Å². The molecule has 0 unspecified atom stereocenters. The van der Waals surface area contributed by atoms with Gasteiger partial charge in [-0.25, -0.2) is 4.68 Å². The molecule has 7 nitrogen and oxygen atoms in total. The number of carbonyl (C=O) groups is 1. The number of thioether (sulfide) groups is 1. The second-order valence-electron chi connectivity index (χ2n) is 6.23. The topological polar surface area (TPSA) is 76.5 Å². The number of nitrogens with zero attached hydrogens (tertiary/aromatic N) is 3. The summed E-state index contributed by atoms with van der Waals surface area (Å²) in [7, 11) is 1.63. The average molecular weight is 388 g/mol. The van der Waals surface area contributed by atoms with Crippen molar-refractivity contribution in [2.24, 2.45) is 0 Å². The van der Waals surface area contributed by atoms with Crippen molar-refractivity contribution in [2.45, 2.75) is 13.0 Å². The summed E-state index contributed by atoms with van der Waals surface area (Å²) < 4.78 is 6.37. The largest absolute Gasteiger partial charge is 0.497 e. The smallest absolute Gasteiger partial charge is 0.267 e. The first-order valence-electron chi connectivity index (χ1n) is 8.96. The van der Waals surface area contributed by atoms with Gasteiger partial charge in [-0.05, 0) is 30.2 Å². The minimum Gasteiger partial charge on any atom is -0.497 e. The third kappa shape index (κ3) is 5.50. The van der Waals surface area contributed by atoms with Crippen LogP contribution in [0.5, 0.6) is 5.75 Å². The van der Waals surface area contributed by atoms with Crippen LogP contribution in [-0.2, 0) is 17.8 Å². The number of ether oxygens (including phenoxy) is 1. The number of hydrogen-bond donors (Lipinski definition) is 1. The van der Waals surface area contributed by atoms with Gasteiger partial charge in [-0.15, -0.1) is 0 Å². The van der Waals surface area contributed by atoms with Gasteiger partial charge < -0.3 is 15.0 Å². The molecule has 1 aromatic heterocycles. The molecule has 1 aromatic carbocycles. The van der Waals surface area contributed by atoms with Crippen molar-refractivity contribution in [1.82, 2.24) is 15.1 Å². The van der Waals surface area contributed by atoms with Gasteiger partial charge in [-0.2, -0.15) is 16.9 Å². The van der Waals surface area contributed by atoms with Crippen LogP contribution < -0.4 is 20.5 Å². The number of methoxy groups -OCH3 is 1. The molecule has 0 aliphatic carbocycles. The van der Waals surface area contributed by atoms with Gasteiger partial charge in [-0.1, -0.05) is 12.1 Å². The third-order valence-electron chi connectivity index (χ3n) is 4.38. The number of carbonyl (C=O) groups excluding carboxylic acids is 1. The monoisotopic (exact) mass is 388 g/mol. The summed E-state index contributed by atoms with van der Waals surface area (Å²) in [5, 5.41) is 7.21. The molecule has 2 aromatic rings. The fraction of sp³-hybridized carbons (Fsp3) is 0.421. The Hall–Kier alpha value is -2.48. The summed E-state index contributed by atoms with van der Waals surface area (Å²) in [6.45, 7) is 2.24. The molecule has 0 saturated carbocycles. The Morgan fingerprint density at radius 1 is 1.19 bits per heavy atom. The molecule has 1 aliphatic heterocycles. The second kappa shape index (κ2) is 9.45. The van der Waals surface area contributed by atoms with E-state index in [-0.39, 0.29) is 18.0 Å². The Labute approximate surface area is 162 Å². The molecule has 2 heterocycles. The molecular weight excluding hydrogens is 364 g/mol. The number of rotatable bonds is 7. The summed E-state index contributed by atoms with van der Waals surface area (Å²) in [6, 6.07) is 10.9. The Kier molecular flexibility index (Phi) is 6.75. The van der Waals surface area contributed by atoms with E-state index in [1.165, 1.54) is 10.7 Å². The van der Waals surface area contributed by atoms with E-state index in [4.69, 9.17) is 4.74 Å². The van der Waals surface area contributed by atoms with Crippen molar-refractivity contribution in [2.75, 3.05) is 43.1 Å². The van der Waals surface area contributed by atoms with E-state index in [1.807, 2.05) is 36.0 Å². The number of anilines is 1. The molecule has 8 heteroatoms. The fourth-order valence-electron chi connectivity index (χ4n) is 2.84. The van der Waals surface area contributed by atoms with Crippen LogP contribution in [0, 0.1) is 0 Å². The lowest BCUT2D eigenvalue weighted by molar-refractivity contribution is -0.121. The van der Waals surface area contributed by atoms with E-state index >= 15 is 0 Å². The van der Waals surface area contributed by atoms with Gasteiger partial charge in [-0.3, -0.25) is 9.59 Å². The number of aromatic nitrogens is 2. The zero-order valence-corrected chi connectivity index (χ0v) is 16.2. The van der Waals surface area contributed by atoms with Crippen LogP contribution in [-0.4, -0.2) is 53.9 Å². The van der Waals surface area contributed by atoms with E-state index in [9.17, 15) is 9.59 Å². The van der Waals surface area contributed by atoms with Crippen molar-refractivity contribution >= 4 is 23.5 Å². The minimum atomic E-state index is -0.268. The molecule has 1 N–H and O–H groups in total. The zero-order valence-electron chi connectivity index (χ0n) is 15.4. The molecule has 0 radical (unpaired) electrons. The van der Waals surface area contributed by atoms with Gasteiger partial charge in [0.1, 0.15) is 18.1 Å². The zero-order chi connectivity index (χ0) is 19.1. The highest BCUT2D eigenvalue weighted by Crippen LogP contribution is 2.15. The Morgan fingerprint density at radius 3 is 2.63 bits per heavy atom. The average Bonchev–Trinajstić information content (AvgIpc) is 2.71. The van der Waals surface area contributed by atoms with Crippen molar-refractivity contribution in [3.8, 4) is 5.75 Å². The van der Waals surface area contributed by atoms with Crippen molar-refractivity contribution in [3.63, 3.8) is 0 Å². The Morgan fingerprint density at radius 2 is 1.93 bits per heavy atom. The molecular formula is C19H24N4O3S. The summed E-state index contributed by atoms with van der Waals surface area (Å²) in [5.74, 6) is 3.44. The Bertz CT molecular complexity index is 816. The third-order valence-corrected chi connectivity index (χ3v) is 5.32. The van der Waals surface area contributed by atoms with Crippen LogP contribution in [0.4, 0.5) is 5.82 Å². The lowest BCUT2D eigenvalue weighted by Gasteiger charge is -2.27. The normalized spacial score (nSPS) is 14.0. The molecule has 1 saturated heterocycles. The van der Waals surface area contributed by atoms with Crippen LogP contribution in [0.25, 0.3) is 0 Å². The highest BCUT2D eigenvalue weighted by atomic mass is 32.2. The van der Waals surface area contributed by atoms with E-state index < -0.39 is 0 Å². The number of amides is 1. The molecule has 144 valence electrons. The van der Waals surface area contributed by atoms with E-state index in [0.29, 0.717) is 13.0 Å². The molecule has 1 aliphatic rings. The molecule has 27 heavy (non-hydrogen) atoms. The van der Waals surface area contributed by atoms with E-state index in [2.05, 4.69) is 15.3 Å². The maximum absolute atomic E-state index is 12.2. The van der Waals surface area contributed by atoms with Crippen molar-refractivity contribution in [3.05, 3.63) is 52.3 Å². The van der Waals surface area contributed by atoms with Crippen LogP contribution in [0.1, 0.15) is 5.56 Å². The molecule has 3 rings (SSSR count).